The van der Waals surface area contributed by atoms with E-state index in [1.165, 1.54) is 6.07 Å². The Hall–Kier alpha value is -1.64. The van der Waals surface area contributed by atoms with E-state index in [-0.39, 0.29) is 5.82 Å². The SMILES string of the molecule is CCc1cc(F)ccc1-c1conc1C. The molecule has 0 aliphatic carbocycles. The Morgan fingerprint density at radius 1 is 1.33 bits per heavy atom. The Morgan fingerprint density at radius 2 is 2.13 bits per heavy atom. The van der Waals surface area contributed by atoms with Gasteiger partial charge < -0.3 is 4.52 Å². The second-order valence-corrected chi connectivity index (χ2v) is 3.47. The molecular weight excluding hydrogens is 193 g/mol. The second-order valence-electron chi connectivity index (χ2n) is 3.47. The van der Waals surface area contributed by atoms with E-state index in [0.717, 1.165) is 28.8 Å². The van der Waals surface area contributed by atoms with E-state index < -0.39 is 0 Å². The van der Waals surface area contributed by atoms with Crippen molar-refractivity contribution in [2.75, 3.05) is 0 Å². The maximum absolute atomic E-state index is 13.0. The van der Waals surface area contributed by atoms with Gasteiger partial charge in [-0.25, -0.2) is 4.39 Å². The van der Waals surface area contributed by atoms with Gasteiger partial charge in [0.05, 0.1) is 5.69 Å². The fourth-order valence-electron chi connectivity index (χ4n) is 1.67. The number of aromatic nitrogens is 1. The molecule has 3 heteroatoms. The quantitative estimate of drug-likeness (QED) is 0.751. The molecule has 0 amide bonds. The van der Waals surface area contributed by atoms with Crippen molar-refractivity contribution in [3.63, 3.8) is 0 Å². The fraction of sp³-hybridized carbons (Fsp3) is 0.250. The van der Waals surface area contributed by atoms with E-state index in [4.69, 9.17) is 4.52 Å². The highest BCUT2D eigenvalue weighted by atomic mass is 19.1. The van der Waals surface area contributed by atoms with Crippen LogP contribution < -0.4 is 0 Å². The molecule has 0 spiro atoms. The van der Waals surface area contributed by atoms with Crippen molar-refractivity contribution in [3.8, 4) is 11.1 Å². The van der Waals surface area contributed by atoms with Crippen LogP contribution in [0, 0.1) is 12.7 Å². The summed E-state index contributed by atoms with van der Waals surface area (Å²) < 4.78 is 17.9. The minimum Gasteiger partial charge on any atom is -0.364 e. The zero-order valence-corrected chi connectivity index (χ0v) is 8.75. The van der Waals surface area contributed by atoms with Crippen molar-refractivity contribution in [3.05, 3.63) is 41.5 Å². The third-order valence-electron chi connectivity index (χ3n) is 2.49. The van der Waals surface area contributed by atoms with E-state index in [0.29, 0.717) is 0 Å². The van der Waals surface area contributed by atoms with Gasteiger partial charge >= 0.3 is 0 Å². The molecule has 0 saturated heterocycles. The van der Waals surface area contributed by atoms with Crippen molar-refractivity contribution < 1.29 is 8.91 Å². The molecule has 78 valence electrons. The smallest absolute Gasteiger partial charge is 0.131 e. The van der Waals surface area contributed by atoms with Crippen LogP contribution in [0.15, 0.2) is 29.0 Å². The van der Waals surface area contributed by atoms with Gasteiger partial charge in [-0.1, -0.05) is 18.1 Å². The van der Waals surface area contributed by atoms with Gasteiger partial charge in [0.15, 0.2) is 0 Å². The molecule has 1 aromatic heterocycles. The minimum atomic E-state index is -0.204. The maximum Gasteiger partial charge on any atom is 0.131 e. The Balaban J connectivity index is 2.58. The Labute approximate surface area is 87.7 Å². The van der Waals surface area contributed by atoms with Crippen molar-refractivity contribution in [1.29, 1.82) is 0 Å². The number of benzene rings is 1. The average Bonchev–Trinajstić information content (AvgIpc) is 2.64. The van der Waals surface area contributed by atoms with Gasteiger partial charge in [-0.3, -0.25) is 0 Å². The lowest BCUT2D eigenvalue weighted by atomic mass is 9.99. The summed E-state index contributed by atoms with van der Waals surface area (Å²) in [5.41, 5.74) is 3.74. The maximum atomic E-state index is 13.0. The molecule has 1 aromatic carbocycles. The standard InChI is InChI=1S/C12H12FNO/c1-3-9-6-10(13)4-5-11(9)12-7-15-14-8(12)2/h4-7H,3H2,1-2H3. The molecule has 0 aliphatic rings. The summed E-state index contributed by atoms with van der Waals surface area (Å²) in [6, 6.07) is 4.79. The molecular formula is C12H12FNO. The molecule has 0 bridgehead atoms. The lowest BCUT2D eigenvalue weighted by molar-refractivity contribution is 0.415. The fourth-order valence-corrected chi connectivity index (χ4v) is 1.67. The molecule has 2 nitrogen and oxygen atoms in total. The highest BCUT2D eigenvalue weighted by Crippen LogP contribution is 2.27. The third kappa shape index (κ3) is 1.77. The van der Waals surface area contributed by atoms with Gasteiger partial charge in [0.25, 0.3) is 0 Å². The summed E-state index contributed by atoms with van der Waals surface area (Å²) >= 11 is 0. The summed E-state index contributed by atoms with van der Waals surface area (Å²) in [6.45, 7) is 3.88. The molecule has 0 atom stereocenters. The molecule has 0 fully saturated rings. The first-order valence-corrected chi connectivity index (χ1v) is 4.92. The number of rotatable bonds is 2. The van der Waals surface area contributed by atoms with Gasteiger partial charge in [0, 0.05) is 5.56 Å². The predicted octanol–water partition coefficient (Wildman–Crippen LogP) is 3.35. The number of hydrogen-bond donors (Lipinski definition) is 0. The van der Waals surface area contributed by atoms with E-state index in [1.54, 1.807) is 18.4 Å². The van der Waals surface area contributed by atoms with Crippen molar-refractivity contribution in [1.82, 2.24) is 5.16 Å². The largest absolute Gasteiger partial charge is 0.364 e. The van der Waals surface area contributed by atoms with Gasteiger partial charge in [0.2, 0.25) is 0 Å². The van der Waals surface area contributed by atoms with E-state index >= 15 is 0 Å². The van der Waals surface area contributed by atoms with Crippen LogP contribution in [-0.2, 0) is 6.42 Å². The van der Waals surface area contributed by atoms with Crippen LogP contribution >= 0.6 is 0 Å². The van der Waals surface area contributed by atoms with Gasteiger partial charge in [-0.2, -0.15) is 0 Å². The molecule has 0 aliphatic heterocycles. The monoisotopic (exact) mass is 205 g/mol. The lowest BCUT2D eigenvalue weighted by Crippen LogP contribution is -1.89. The van der Waals surface area contributed by atoms with Crippen molar-refractivity contribution >= 4 is 0 Å². The summed E-state index contributed by atoms with van der Waals surface area (Å²) in [7, 11) is 0. The van der Waals surface area contributed by atoms with E-state index in [2.05, 4.69) is 5.16 Å². The predicted molar refractivity (Wildman–Crippen MR) is 56.0 cm³/mol. The highest BCUT2D eigenvalue weighted by Gasteiger charge is 2.10. The molecule has 2 rings (SSSR count). The Bertz CT molecular complexity index is 476. The van der Waals surface area contributed by atoms with Gasteiger partial charge in [0.1, 0.15) is 12.1 Å². The first-order valence-electron chi connectivity index (χ1n) is 4.92. The normalized spacial score (nSPS) is 10.6. The molecule has 0 N–H and O–H groups in total. The summed E-state index contributed by atoms with van der Waals surface area (Å²) in [5.74, 6) is -0.204. The average molecular weight is 205 g/mol. The molecule has 1 heterocycles. The second kappa shape index (κ2) is 3.85. The number of aryl methyl sites for hydroxylation is 2. The van der Waals surface area contributed by atoms with Crippen molar-refractivity contribution in [2.45, 2.75) is 20.3 Å². The molecule has 0 radical (unpaired) electrons. The zero-order chi connectivity index (χ0) is 10.8. The molecule has 0 unspecified atom stereocenters. The minimum absolute atomic E-state index is 0.204. The van der Waals surface area contributed by atoms with Gasteiger partial charge in [-0.05, 0) is 36.6 Å². The summed E-state index contributed by atoms with van der Waals surface area (Å²) in [5, 5.41) is 3.82. The van der Waals surface area contributed by atoms with Crippen LogP contribution in [0.25, 0.3) is 11.1 Å². The van der Waals surface area contributed by atoms with Crippen LogP contribution in [0.3, 0.4) is 0 Å². The molecule has 0 saturated carbocycles. The van der Waals surface area contributed by atoms with Crippen LogP contribution in [0.5, 0.6) is 0 Å². The number of halogens is 1. The van der Waals surface area contributed by atoms with Crippen LogP contribution in [0.1, 0.15) is 18.2 Å². The zero-order valence-electron chi connectivity index (χ0n) is 8.75. The number of hydrogen-bond acceptors (Lipinski definition) is 2. The van der Waals surface area contributed by atoms with E-state index in [1.807, 2.05) is 13.8 Å². The van der Waals surface area contributed by atoms with Gasteiger partial charge in [-0.15, -0.1) is 0 Å². The molecule has 15 heavy (non-hydrogen) atoms. The number of nitrogens with zero attached hydrogens (tertiary/aromatic N) is 1. The van der Waals surface area contributed by atoms with Crippen molar-refractivity contribution in [2.24, 2.45) is 0 Å². The first kappa shape index (κ1) is 9.90. The third-order valence-corrected chi connectivity index (χ3v) is 2.49. The first-order chi connectivity index (χ1) is 7.22. The summed E-state index contributed by atoms with van der Waals surface area (Å²) in [6.07, 6.45) is 2.39. The van der Waals surface area contributed by atoms with E-state index in [9.17, 15) is 4.39 Å². The topological polar surface area (TPSA) is 26.0 Å². The molecule has 2 aromatic rings. The Kier molecular flexibility index (Phi) is 2.54. The van der Waals surface area contributed by atoms with Crippen LogP contribution in [0.2, 0.25) is 0 Å². The summed E-state index contributed by atoms with van der Waals surface area (Å²) in [4.78, 5) is 0. The highest BCUT2D eigenvalue weighted by molar-refractivity contribution is 5.68. The lowest BCUT2D eigenvalue weighted by Gasteiger charge is -2.05. The van der Waals surface area contributed by atoms with Crippen LogP contribution in [0.4, 0.5) is 4.39 Å². The van der Waals surface area contributed by atoms with Crippen LogP contribution in [-0.4, -0.2) is 5.16 Å². The Morgan fingerprint density at radius 3 is 2.73 bits per heavy atom.